The first-order valence-corrected chi connectivity index (χ1v) is 12.8. The number of likely N-dealkylation sites (N-methyl/N-ethyl adjacent to an activating group) is 1. The molecule has 6 nitrogen and oxygen atoms in total. The highest BCUT2D eigenvalue weighted by atomic mass is 35.5. The zero-order valence-corrected chi connectivity index (χ0v) is 20.9. The summed E-state index contributed by atoms with van der Waals surface area (Å²) in [4.78, 5) is 15.1. The number of nitrogens with zero attached hydrogens (tertiary/aromatic N) is 3. The summed E-state index contributed by atoms with van der Waals surface area (Å²) in [7, 11) is 0. The lowest BCUT2D eigenvalue weighted by atomic mass is 9.82. The van der Waals surface area contributed by atoms with E-state index in [4.69, 9.17) is 21.4 Å². The number of carbonyl (C=O) groups excluding carboxylic acids is 1. The number of rotatable bonds is 7. The summed E-state index contributed by atoms with van der Waals surface area (Å²) in [6.45, 7) is 9.01. The number of amides is 1. The first kappa shape index (κ1) is 24.2. The van der Waals surface area contributed by atoms with Crippen LogP contribution in [-0.4, -0.2) is 58.5 Å². The fourth-order valence-corrected chi connectivity index (χ4v) is 5.56. The number of aromatic nitrogens is 2. The van der Waals surface area contributed by atoms with Gasteiger partial charge in [0.05, 0.1) is 12.3 Å². The molecule has 0 radical (unpaired) electrons. The average molecular weight is 473 g/mol. The lowest BCUT2D eigenvalue weighted by Gasteiger charge is -2.45. The number of ether oxygens (including phenoxy) is 1. The normalized spacial score (nSPS) is 26.3. The summed E-state index contributed by atoms with van der Waals surface area (Å²) in [5.74, 6) is 0.532. The standard InChI is InChI=1S/C26H37ClN4O2/c1-4-28-26(32)25-16-30(23(17-33-25)15-19-6-10-21(27)11-7-19)22-12-8-20(9-13-22)24-14-18(3)31(5-2)29-24/h6-7,10-11,14,20,22-23,25H,4-5,8-9,12-13,15-17H2,1-3H3,(H,28,32)/t20?,22?,23-,25+/m0/s1. The molecule has 1 saturated heterocycles. The van der Waals surface area contributed by atoms with Gasteiger partial charge in [-0.2, -0.15) is 5.10 Å². The van der Waals surface area contributed by atoms with Gasteiger partial charge in [0.25, 0.3) is 0 Å². The van der Waals surface area contributed by atoms with Gasteiger partial charge in [0.1, 0.15) is 6.10 Å². The highest BCUT2D eigenvalue weighted by Crippen LogP contribution is 2.36. The third kappa shape index (κ3) is 5.79. The third-order valence-corrected chi connectivity index (χ3v) is 7.50. The molecule has 1 aromatic carbocycles. The molecular formula is C26H37ClN4O2. The van der Waals surface area contributed by atoms with Gasteiger partial charge in [-0.05, 0) is 76.6 Å². The van der Waals surface area contributed by atoms with Crippen molar-refractivity contribution < 1.29 is 9.53 Å². The van der Waals surface area contributed by atoms with Gasteiger partial charge in [-0.15, -0.1) is 0 Å². The molecule has 180 valence electrons. The van der Waals surface area contributed by atoms with Crippen molar-refractivity contribution in [1.29, 1.82) is 0 Å². The first-order chi connectivity index (χ1) is 16.0. The Hall–Kier alpha value is -1.89. The number of hydrogen-bond acceptors (Lipinski definition) is 4. The molecule has 0 bridgehead atoms. The van der Waals surface area contributed by atoms with Crippen molar-refractivity contribution in [2.45, 2.75) is 83.5 Å². The second-order valence-electron chi connectivity index (χ2n) is 9.43. The van der Waals surface area contributed by atoms with Crippen LogP contribution in [0.5, 0.6) is 0 Å². The molecule has 2 aromatic rings. The van der Waals surface area contributed by atoms with Crippen LogP contribution in [0.15, 0.2) is 30.3 Å². The topological polar surface area (TPSA) is 59.4 Å². The molecule has 1 amide bonds. The van der Waals surface area contributed by atoms with Gasteiger partial charge >= 0.3 is 0 Å². The Morgan fingerprint density at radius 1 is 1.18 bits per heavy atom. The van der Waals surface area contributed by atoms with Crippen molar-refractivity contribution in [1.82, 2.24) is 20.0 Å². The summed E-state index contributed by atoms with van der Waals surface area (Å²) in [5, 5.41) is 8.53. The van der Waals surface area contributed by atoms with E-state index in [9.17, 15) is 4.79 Å². The van der Waals surface area contributed by atoms with Crippen LogP contribution in [0.3, 0.4) is 0 Å². The molecule has 1 saturated carbocycles. The van der Waals surface area contributed by atoms with Crippen molar-refractivity contribution in [3.05, 3.63) is 52.3 Å². The minimum Gasteiger partial charge on any atom is -0.365 e. The Bertz CT molecular complexity index is 921. The average Bonchev–Trinajstić information content (AvgIpc) is 3.21. The molecule has 2 aliphatic rings. The maximum Gasteiger partial charge on any atom is 0.250 e. The van der Waals surface area contributed by atoms with Crippen LogP contribution in [0.1, 0.15) is 62.4 Å². The highest BCUT2D eigenvalue weighted by Gasteiger charge is 2.38. The Labute approximate surface area is 202 Å². The van der Waals surface area contributed by atoms with E-state index < -0.39 is 6.10 Å². The number of carbonyl (C=O) groups is 1. The van der Waals surface area contributed by atoms with Crippen LogP contribution in [0.2, 0.25) is 5.02 Å². The van der Waals surface area contributed by atoms with Crippen molar-refractivity contribution in [3.63, 3.8) is 0 Å². The van der Waals surface area contributed by atoms with E-state index in [1.807, 2.05) is 19.1 Å². The van der Waals surface area contributed by atoms with Crippen LogP contribution in [0, 0.1) is 6.92 Å². The second kappa shape index (κ2) is 11.0. The Balaban J connectivity index is 1.45. The molecule has 1 N–H and O–H groups in total. The summed E-state index contributed by atoms with van der Waals surface area (Å²) in [5.41, 5.74) is 3.74. The Morgan fingerprint density at radius 3 is 2.55 bits per heavy atom. The maximum atomic E-state index is 12.5. The van der Waals surface area contributed by atoms with Crippen molar-refractivity contribution in [2.24, 2.45) is 0 Å². The Morgan fingerprint density at radius 2 is 1.91 bits per heavy atom. The van der Waals surface area contributed by atoms with Gasteiger partial charge in [0.2, 0.25) is 5.91 Å². The van der Waals surface area contributed by atoms with E-state index >= 15 is 0 Å². The number of aryl methyl sites for hydroxylation is 2. The predicted octanol–water partition coefficient (Wildman–Crippen LogP) is 4.34. The lowest BCUT2D eigenvalue weighted by Crippen LogP contribution is -2.58. The quantitative estimate of drug-likeness (QED) is 0.651. The van der Waals surface area contributed by atoms with Gasteiger partial charge in [0.15, 0.2) is 0 Å². The Kier molecular flexibility index (Phi) is 8.10. The number of hydrogen-bond donors (Lipinski definition) is 1. The van der Waals surface area contributed by atoms with Gasteiger partial charge < -0.3 is 10.1 Å². The highest BCUT2D eigenvalue weighted by molar-refractivity contribution is 6.30. The first-order valence-electron chi connectivity index (χ1n) is 12.4. The fraction of sp³-hybridized carbons (Fsp3) is 0.615. The van der Waals surface area contributed by atoms with Crippen molar-refractivity contribution in [2.75, 3.05) is 19.7 Å². The number of benzene rings is 1. The minimum absolute atomic E-state index is 0.00158. The van der Waals surface area contributed by atoms with E-state index in [0.717, 1.165) is 43.7 Å². The van der Waals surface area contributed by atoms with Crippen LogP contribution in [0.25, 0.3) is 0 Å². The number of nitrogens with one attached hydrogen (secondary N) is 1. The van der Waals surface area contributed by atoms with E-state index in [1.165, 1.54) is 17.0 Å². The van der Waals surface area contributed by atoms with Crippen LogP contribution < -0.4 is 5.32 Å². The smallest absolute Gasteiger partial charge is 0.250 e. The van der Waals surface area contributed by atoms with Crippen LogP contribution in [-0.2, 0) is 22.5 Å². The van der Waals surface area contributed by atoms with E-state index in [-0.39, 0.29) is 11.9 Å². The van der Waals surface area contributed by atoms with E-state index in [2.05, 4.69) is 46.9 Å². The van der Waals surface area contributed by atoms with E-state index in [1.54, 1.807) is 0 Å². The number of halogens is 1. The van der Waals surface area contributed by atoms with Gasteiger partial charge in [-0.3, -0.25) is 14.4 Å². The third-order valence-electron chi connectivity index (χ3n) is 7.25. The molecule has 0 spiro atoms. The lowest BCUT2D eigenvalue weighted by molar-refractivity contribution is -0.145. The second-order valence-corrected chi connectivity index (χ2v) is 9.87. The maximum absolute atomic E-state index is 12.5. The van der Waals surface area contributed by atoms with Gasteiger partial charge in [-0.1, -0.05) is 23.7 Å². The molecule has 4 rings (SSSR count). The minimum atomic E-state index is -0.396. The van der Waals surface area contributed by atoms with E-state index in [0.29, 0.717) is 31.7 Å². The number of morpholine rings is 1. The van der Waals surface area contributed by atoms with Crippen LogP contribution in [0.4, 0.5) is 0 Å². The monoisotopic (exact) mass is 472 g/mol. The summed E-state index contributed by atoms with van der Waals surface area (Å²) in [6.07, 6.45) is 5.04. The summed E-state index contributed by atoms with van der Waals surface area (Å²) < 4.78 is 8.15. The van der Waals surface area contributed by atoms with Crippen LogP contribution >= 0.6 is 11.6 Å². The molecule has 7 heteroatoms. The zero-order chi connectivity index (χ0) is 23.4. The van der Waals surface area contributed by atoms with Crippen molar-refractivity contribution in [3.8, 4) is 0 Å². The molecule has 1 aliphatic heterocycles. The van der Waals surface area contributed by atoms with Gasteiger partial charge in [-0.25, -0.2) is 0 Å². The molecule has 0 unspecified atom stereocenters. The fourth-order valence-electron chi connectivity index (χ4n) is 5.44. The molecule has 1 aromatic heterocycles. The largest absolute Gasteiger partial charge is 0.365 e. The molecule has 2 fully saturated rings. The molecule has 33 heavy (non-hydrogen) atoms. The molecule has 1 aliphatic carbocycles. The molecule has 2 atom stereocenters. The SMILES string of the molecule is CCNC(=O)[C@H]1CN(C2CCC(c3cc(C)n(CC)n3)CC2)[C@@H](Cc2ccc(Cl)cc2)CO1. The van der Waals surface area contributed by atoms with Crippen molar-refractivity contribution >= 4 is 17.5 Å². The van der Waals surface area contributed by atoms with Gasteiger partial charge in [0, 0.05) is 48.4 Å². The zero-order valence-electron chi connectivity index (χ0n) is 20.1. The summed E-state index contributed by atoms with van der Waals surface area (Å²) in [6, 6.07) is 11.1. The predicted molar refractivity (Wildman–Crippen MR) is 132 cm³/mol. The molecule has 2 heterocycles. The molecular weight excluding hydrogens is 436 g/mol. The summed E-state index contributed by atoms with van der Waals surface area (Å²) >= 11 is 6.09.